The van der Waals surface area contributed by atoms with Gasteiger partial charge in [-0.05, 0) is 30.3 Å². The monoisotopic (exact) mass is 457 g/mol. The van der Waals surface area contributed by atoms with E-state index >= 15 is 0 Å². The first-order valence-electron chi connectivity index (χ1n) is 8.45. The summed E-state index contributed by atoms with van der Waals surface area (Å²) in [7, 11) is 1.67. The van der Waals surface area contributed by atoms with Gasteiger partial charge in [-0.1, -0.05) is 29.4 Å². The molecule has 0 unspecified atom stereocenters. The van der Waals surface area contributed by atoms with Crippen molar-refractivity contribution in [3.8, 4) is 5.75 Å². The number of nitrogens with zero attached hydrogens (tertiary/aromatic N) is 4. The number of alkyl halides is 3. The van der Waals surface area contributed by atoms with Crippen molar-refractivity contribution in [3.63, 3.8) is 0 Å². The molecule has 1 N–H and O–H groups in total. The number of thioether (sulfide) groups is 1. The summed E-state index contributed by atoms with van der Waals surface area (Å²) in [5, 5.41) is 11.5. The van der Waals surface area contributed by atoms with E-state index < -0.39 is 11.7 Å². The minimum atomic E-state index is -4.45. The Bertz CT molecular complexity index is 1030. The molecule has 0 aliphatic carbocycles. The van der Waals surface area contributed by atoms with Crippen molar-refractivity contribution in [3.05, 3.63) is 59.0 Å². The zero-order valence-electron chi connectivity index (χ0n) is 15.5. The van der Waals surface area contributed by atoms with Crippen LogP contribution in [0.3, 0.4) is 0 Å². The molecule has 0 spiro atoms. The van der Waals surface area contributed by atoms with Crippen LogP contribution >= 0.6 is 23.4 Å². The van der Waals surface area contributed by atoms with E-state index in [0.717, 1.165) is 23.9 Å². The van der Waals surface area contributed by atoms with Crippen molar-refractivity contribution in [2.45, 2.75) is 17.9 Å². The molecule has 0 aliphatic rings. The van der Waals surface area contributed by atoms with Gasteiger partial charge in [-0.25, -0.2) is 4.98 Å². The molecule has 0 atom stereocenters. The fraction of sp³-hybridized carbons (Fsp3) is 0.222. The zero-order chi connectivity index (χ0) is 21.7. The first-order chi connectivity index (χ1) is 14.2. The van der Waals surface area contributed by atoms with Gasteiger partial charge >= 0.3 is 6.18 Å². The number of hydrogen-bond donors (Lipinski definition) is 1. The number of carbonyl (C=O) groups is 1. The summed E-state index contributed by atoms with van der Waals surface area (Å²) < 4.78 is 45.3. The zero-order valence-corrected chi connectivity index (χ0v) is 17.1. The molecule has 12 heteroatoms. The number of aromatic nitrogens is 4. The summed E-state index contributed by atoms with van der Waals surface area (Å²) in [6, 6.07) is 7.77. The Hall–Kier alpha value is -2.79. The summed E-state index contributed by atoms with van der Waals surface area (Å²) in [5.41, 5.74) is -0.796. The molecule has 0 aliphatic heterocycles. The number of amides is 1. The molecule has 0 saturated heterocycles. The topological polar surface area (TPSA) is 81.9 Å². The molecule has 30 heavy (non-hydrogen) atoms. The molecule has 2 aromatic heterocycles. The lowest BCUT2D eigenvalue weighted by molar-refractivity contribution is -0.137. The van der Waals surface area contributed by atoms with Gasteiger partial charge in [0.15, 0.2) is 11.0 Å². The highest BCUT2D eigenvalue weighted by atomic mass is 35.5. The predicted octanol–water partition coefficient (Wildman–Crippen LogP) is 4.19. The molecule has 3 aromatic rings. The molecule has 1 amide bonds. The number of anilines is 1. The van der Waals surface area contributed by atoms with Gasteiger partial charge in [0.05, 0.1) is 16.3 Å². The van der Waals surface area contributed by atoms with Crippen molar-refractivity contribution < 1.29 is 22.7 Å². The van der Waals surface area contributed by atoms with Gasteiger partial charge in [-0.3, -0.25) is 4.79 Å². The summed E-state index contributed by atoms with van der Waals surface area (Å²) in [6.45, 7) is -0.0771. The number of pyridine rings is 1. The van der Waals surface area contributed by atoms with Crippen LogP contribution in [0.5, 0.6) is 5.75 Å². The van der Waals surface area contributed by atoms with Gasteiger partial charge in [0.2, 0.25) is 5.91 Å². The molecule has 0 bridgehead atoms. The van der Waals surface area contributed by atoms with Gasteiger partial charge in [-0.15, -0.1) is 10.2 Å². The summed E-state index contributed by atoms with van der Waals surface area (Å²) in [6.07, 6.45) is -3.03. The molecular weight excluding hydrogens is 443 g/mol. The third-order valence-electron chi connectivity index (χ3n) is 3.78. The molecule has 0 saturated carbocycles. The second kappa shape index (κ2) is 9.35. The number of benzene rings is 1. The van der Waals surface area contributed by atoms with E-state index in [1.807, 2.05) is 0 Å². The van der Waals surface area contributed by atoms with Crippen LogP contribution in [0.25, 0.3) is 0 Å². The Morgan fingerprint density at radius 3 is 2.77 bits per heavy atom. The average Bonchev–Trinajstić information content (AvgIpc) is 3.06. The van der Waals surface area contributed by atoms with Crippen LogP contribution in [0.1, 0.15) is 11.4 Å². The highest BCUT2D eigenvalue weighted by molar-refractivity contribution is 7.99. The fourth-order valence-corrected chi connectivity index (χ4v) is 3.11. The number of nitrogens with one attached hydrogen (secondary N) is 1. The molecule has 0 radical (unpaired) electrons. The standard InChI is InChI=1S/C18H15ClF3N5O2S/c1-27-15(9-29-13-4-2-3-11(7-13)18(20,21)22)25-26-17(27)30-10-16(28)24-14-6-5-12(19)8-23-14/h2-8H,9-10H2,1H3,(H,23,24,28). The van der Waals surface area contributed by atoms with Gasteiger partial charge in [0.25, 0.3) is 0 Å². The van der Waals surface area contributed by atoms with Crippen LogP contribution in [0.4, 0.5) is 19.0 Å². The Kier molecular flexibility index (Phi) is 6.83. The summed E-state index contributed by atoms with van der Waals surface area (Å²) >= 11 is 6.89. The maximum Gasteiger partial charge on any atom is 0.416 e. The van der Waals surface area contributed by atoms with Gasteiger partial charge in [-0.2, -0.15) is 13.2 Å². The van der Waals surface area contributed by atoms with Gasteiger partial charge in [0.1, 0.15) is 18.2 Å². The molecule has 2 heterocycles. The smallest absolute Gasteiger partial charge is 0.416 e. The fourth-order valence-electron chi connectivity index (χ4n) is 2.27. The third kappa shape index (κ3) is 5.86. The highest BCUT2D eigenvalue weighted by Crippen LogP contribution is 2.31. The minimum Gasteiger partial charge on any atom is -0.486 e. The van der Waals surface area contributed by atoms with E-state index in [2.05, 4.69) is 20.5 Å². The number of ether oxygens (including phenoxy) is 1. The van der Waals surface area contributed by atoms with E-state index in [0.29, 0.717) is 21.8 Å². The van der Waals surface area contributed by atoms with E-state index in [1.165, 1.54) is 18.3 Å². The number of carbonyl (C=O) groups excluding carboxylic acids is 1. The van der Waals surface area contributed by atoms with Crippen LogP contribution < -0.4 is 10.1 Å². The maximum absolute atomic E-state index is 12.8. The third-order valence-corrected chi connectivity index (χ3v) is 5.03. The first kappa shape index (κ1) is 21.9. The van der Waals surface area contributed by atoms with Gasteiger partial charge < -0.3 is 14.6 Å². The van der Waals surface area contributed by atoms with Crippen LogP contribution in [0.15, 0.2) is 47.8 Å². The minimum absolute atomic E-state index is 0.0603. The van der Waals surface area contributed by atoms with Crippen molar-refractivity contribution >= 4 is 35.1 Å². The Labute approximate surface area is 178 Å². The predicted molar refractivity (Wildman–Crippen MR) is 105 cm³/mol. The lowest BCUT2D eigenvalue weighted by Gasteiger charge is -2.10. The van der Waals surface area contributed by atoms with Crippen LogP contribution in [0, 0.1) is 0 Å². The molecule has 1 aromatic carbocycles. The lowest BCUT2D eigenvalue weighted by atomic mass is 10.2. The Balaban J connectivity index is 1.54. The first-order valence-corrected chi connectivity index (χ1v) is 9.81. The molecule has 3 rings (SSSR count). The Morgan fingerprint density at radius 1 is 1.27 bits per heavy atom. The van der Waals surface area contributed by atoms with Crippen LogP contribution in [-0.4, -0.2) is 31.4 Å². The number of hydrogen-bond acceptors (Lipinski definition) is 6. The summed E-state index contributed by atoms with van der Waals surface area (Å²) in [4.78, 5) is 16.0. The molecular formula is C18H15ClF3N5O2S. The van der Waals surface area contributed by atoms with E-state index in [9.17, 15) is 18.0 Å². The average molecular weight is 458 g/mol. The lowest BCUT2D eigenvalue weighted by Crippen LogP contribution is -2.15. The molecule has 158 valence electrons. The Morgan fingerprint density at radius 2 is 2.07 bits per heavy atom. The molecule has 7 nitrogen and oxygen atoms in total. The van der Waals surface area contributed by atoms with Crippen molar-refractivity contribution in [1.29, 1.82) is 0 Å². The van der Waals surface area contributed by atoms with E-state index in [4.69, 9.17) is 16.3 Å². The number of rotatable bonds is 7. The normalized spacial score (nSPS) is 11.4. The van der Waals surface area contributed by atoms with Gasteiger partial charge in [0, 0.05) is 13.2 Å². The maximum atomic E-state index is 12.8. The van der Waals surface area contributed by atoms with Crippen molar-refractivity contribution in [2.75, 3.05) is 11.1 Å². The van der Waals surface area contributed by atoms with E-state index in [-0.39, 0.29) is 24.0 Å². The quantitative estimate of drug-likeness (QED) is 0.536. The van der Waals surface area contributed by atoms with E-state index in [1.54, 1.807) is 23.7 Å². The van der Waals surface area contributed by atoms with Crippen molar-refractivity contribution in [1.82, 2.24) is 19.7 Å². The largest absolute Gasteiger partial charge is 0.486 e. The van der Waals surface area contributed by atoms with Crippen molar-refractivity contribution in [2.24, 2.45) is 7.05 Å². The second-order valence-corrected chi connectivity index (χ2v) is 7.35. The van der Waals surface area contributed by atoms with Crippen LogP contribution in [-0.2, 0) is 24.6 Å². The summed E-state index contributed by atoms with van der Waals surface area (Å²) in [5.74, 6) is 0.606. The number of halogens is 4. The second-order valence-electron chi connectivity index (χ2n) is 5.97. The van der Waals surface area contributed by atoms with Crippen LogP contribution in [0.2, 0.25) is 5.02 Å². The highest BCUT2D eigenvalue weighted by Gasteiger charge is 2.30. The SMILES string of the molecule is Cn1c(COc2cccc(C(F)(F)F)c2)nnc1SCC(=O)Nc1ccc(Cl)cn1. The molecule has 0 fully saturated rings.